The van der Waals surface area contributed by atoms with E-state index in [1.165, 1.54) is 37.0 Å². The van der Waals surface area contributed by atoms with Crippen molar-refractivity contribution in [1.29, 1.82) is 0 Å². The number of nitrogens with two attached hydrogens (primary N) is 1. The third-order valence-corrected chi connectivity index (χ3v) is 6.25. The Kier molecular flexibility index (Phi) is 8.28. The minimum atomic E-state index is -0.498. The lowest BCUT2D eigenvalue weighted by Crippen LogP contribution is -2.31. The number of unbranched alkanes of at least 4 members (excludes halogenated alkanes) is 1. The molecule has 1 fully saturated rings. The maximum absolute atomic E-state index is 11.4. The zero-order valence-corrected chi connectivity index (χ0v) is 20.8. The molecule has 8 heteroatoms. The zero-order valence-electron chi connectivity index (χ0n) is 20.8. The summed E-state index contributed by atoms with van der Waals surface area (Å²) in [5.41, 5.74) is 10.8. The molecule has 0 spiro atoms. The van der Waals surface area contributed by atoms with Gasteiger partial charge in [-0.2, -0.15) is 0 Å². The van der Waals surface area contributed by atoms with Gasteiger partial charge in [0.05, 0.1) is 0 Å². The van der Waals surface area contributed by atoms with Gasteiger partial charge in [-0.25, -0.2) is 9.89 Å². The highest BCUT2D eigenvalue weighted by molar-refractivity contribution is 5.91. The molecular weight excluding hydrogens is 450 g/mol. The summed E-state index contributed by atoms with van der Waals surface area (Å²) in [5.74, 6) is 1.75. The van der Waals surface area contributed by atoms with Crippen molar-refractivity contribution in [3.05, 3.63) is 72.8 Å². The van der Waals surface area contributed by atoms with Crippen LogP contribution < -0.4 is 16.0 Å². The van der Waals surface area contributed by atoms with E-state index < -0.39 is 6.03 Å². The van der Waals surface area contributed by atoms with Gasteiger partial charge in [0.25, 0.3) is 0 Å². The van der Waals surface area contributed by atoms with E-state index in [1.807, 2.05) is 72.8 Å². The minimum absolute atomic E-state index is 0.498. The minimum Gasteiger partial charge on any atom is -0.355 e. The first-order chi connectivity index (χ1) is 17.5. The number of H-pyrrole nitrogens is 1. The fourth-order valence-corrected chi connectivity index (χ4v) is 3.89. The van der Waals surface area contributed by atoms with Crippen molar-refractivity contribution >= 4 is 23.1 Å². The maximum atomic E-state index is 11.4. The van der Waals surface area contributed by atoms with Crippen molar-refractivity contribution in [2.24, 2.45) is 11.7 Å². The second-order valence-corrected chi connectivity index (χ2v) is 9.03. The number of tetrazole rings is 1. The predicted molar refractivity (Wildman–Crippen MR) is 145 cm³/mol. The van der Waals surface area contributed by atoms with E-state index in [4.69, 9.17) is 5.73 Å². The first kappa shape index (κ1) is 24.9. The van der Waals surface area contributed by atoms with Gasteiger partial charge in [0.2, 0.25) is 0 Å². The molecule has 1 saturated carbocycles. The number of urea groups is 1. The number of amides is 2. The molecule has 8 nitrogen and oxygen atoms in total. The van der Waals surface area contributed by atoms with Gasteiger partial charge < -0.3 is 11.1 Å². The summed E-state index contributed by atoms with van der Waals surface area (Å²) in [7, 11) is 1.65. The first-order valence-electron chi connectivity index (χ1n) is 12.4. The number of aromatic nitrogens is 4. The molecule has 0 aliphatic heterocycles. The standard InChI is InChI=1S/C21H19N7O.C7H14/c1-28(21(22)29)17-6-4-5-15(13-17)14-9-11-16(12-10-14)23-19-8-3-2-7-18(19)20-24-26-27-25-20;1-2-3-4-7-5-6-7/h2-13,23H,1H3,(H2,22,29)(H,24,25,26,27);7H,2-6H2,1H3. The second kappa shape index (κ2) is 12.0. The molecule has 2 amide bonds. The molecule has 0 unspecified atom stereocenters. The molecule has 0 radical (unpaired) electrons. The largest absolute Gasteiger partial charge is 0.355 e. The monoisotopic (exact) mass is 483 g/mol. The number of benzene rings is 3. The molecule has 1 aromatic heterocycles. The Labute approximate surface area is 211 Å². The Bertz CT molecular complexity index is 1250. The second-order valence-electron chi connectivity index (χ2n) is 9.03. The van der Waals surface area contributed by atoms with E-state index in [0.29, 0.717) is 5.82 Å². The van der Waals surface area contributed by atoms with Crippen LogP contribution in [0.2, 0.25) is 0 Å². The van der Waals surface area contributed by atoms with Gasteiger partial charge in [-0.3, -0.25) is 4.90 Å². The van der Waals surface area contributed by atoms with E-state index >= 15 is 0 Å². The lowest BCUT2D eigenvalue weighted by molar-refractivity contribution is 0.255. The van der Waals surface area contributed by atoms with E-state index in [9.17, 15) is 4.79 Å². The Morgan fingerprint density at radius 3 is 2.50 bits per heavy atom. The number of para-hydroxylation sites is 1. The molecule has 0 saturated heterocycles. The molecule has 4 aromatic rings. The number of carbonyl (C=O) groups excluding carboxylic acids is 1. The summed E-state index contributed by atoms with van der Waals surface area (Å²) in [6.07, 6.45) is 7.41. The van der Waals surface area contributed by atoms with Crippen LogP contribution in [-0.4, -0.2) is 33.7 Å². The number of rotatable bonds is 8. The fourth-order valence-electron chi connectivity index (χ4n) is 3.89. The lowest BCUT2D eigenvalue weighted by atomic mass is 10.0. The van der Waals surface area contributed by atoms with Crippen LogP contribution in [0.25, 0.3) is 22.5 Å². The molecule has 1 heterocycles. The van der Waals surface area contributed by atoms with Gasteiger partial charge in [-0.05, 0) is 63.9 Å². The van der Waals surface area contributed by atoms with E-state index in [-0.39, 0.29) is 0 Å². The number of hydrogen-bond donors (Lipinski definition) is 3. The lowest BCUT2D eigenvalue weighted by Gasteiger charge is -2.15. The van der Waals surface area contributed by atoms with Crippen LogP contribution in [-0.2, 0) is 0 Å². The number of nitrogens with zero attached hydrogens (tertiary/aromatic N) is 4. The van der Waals surface area contributed by atoms with Crippen molar-refractivity contribution < 1.29 is 4.79 Å². The highest BCUT2D eigenvalue weighted by Crippen LogP contribution is 2.33. The van der Waals surface area contributed by atoms with Crippen LogP contribution in [0, 0.1) is 5.92 Å². The maximum Gasteiger partial charge on any atom is 0.318 e. The third kappa shape index (κ3) is 6.69. The normalized spacial score (nSPS) is 12.4. The predicted octanol–water partition coefficient (Wildman–Crippen LogP) is 6.38. The topological polar surface area (TPSA) is 113 Å². The highest BCUT2D eigenvalue weighted by Gasteiger charge is 2.19. The summed E-state index contributed by atoms with van der Waals surface area (Å²) >= 11 is 0. The molecule has 3 aromatic carbocycles. The van der Waals surface area contributed by atoms with Crippen LogP contribution >= 0.6 is 0 Å². The van der Waals surface area contributed by atoms with Crippen LogP contribution in [0.1, 0.15) is 39.0 Å². The van der Waals surface area contributed by atoms with Gasteiger partial charge in [0.15, 0.2) is 5.82 Å². The van der Waals surface area contributed by atoms with Crippen LogP contribution in [0.15, 0.2) is 72.8 Å². The number of carbonyl (C=O) groups is 1. The van der Waals surface area contributed by atoms with Gasteiger partial charge in [-0.1, -0.05) is 75.4 Å². The van der Waals surface area contributed by atoms with Crippen molar-refractivity contribution in [3.63, 3.8) is 0 Å². The molecular formula is C28H33N7O. The zero-order chi connectivity index (χ0) is 25.3. The average molecular weight is 484 g/mol. The number of primary amides is 1. The number of nitrogens with one attached hydrogen (secondary N) is 2. The fraction of sp³-hybridized carbons (Fsp3) is 0.286. The van der Waals surface area contributed by atoms with Crippen molar-refractivity contribution in [2.75, 3.05) is 17.3 Å². The number of aromatic amines is 1. The van der Waals surface area contributed by atoms with Crippen LogP contribution in [0.3, 0.4) is 0 Å². The van der Waals surface area contributed by atoms with Gasteiger partial charge in [0.1, 0.15) is 0 Å². The Morgan fingerprint density at radius 1 is 1.06 bits per heavy atom. The van der Waals surface area contributed by atoms with Crippen molar-refractivity contribution in [3.8, 4) is 22.5 Å². The summed E-state index contributed by atoms with van der Waals surface area (Å²) in [6.45, 7) is 2.27. The smallest absolute Gasteiger partial charge is 0.318 e. The van der Waals surface area contributed by atoms with Gasteiger partial charge in [-0.15, -0.1) is 5.10 Å². The molecule has 5 rings (SSSR count). The number of anilines is 3. The summed E-state index contributed by atoms with van der Waals surface area (Å²) < 4.78 is 0. The van der Waals surface area contributed by atoms with Gasteiger partial charge in [0, 0.05) is 29.7 Å². The molecule has 0 bridgehead atoms. The quantitative estimate of drug-likeness (QED) is 0.269. The molecule has 0 atom stereocenters. The molecule has 186 valence electrons. The first-order valence-corrected chi connectivity index (χ1v) is 12.4. The molecule has 4 N–H and O–H groups in total. The van der Waals surface area contributed by atoms with Crippen molar-refractivity contribution in [1.82, 2.24) is 20.6 Å². The van der Waals surface area contributed by atoms with Crippen LogP contribution in [0.5, 0.6) is 0 Å². The van der Waals surface area contributed by atoms with Crippen LogP contribution in [0.4, 0.5) is 21.9 Å². The average Bonchev–Trinajstić information content (AvgIpc) is 3.58. The third-order valence-electron chi connectivity index (χ3n) is 6.25. The summed E-state index contributed by atoms with van der Waals surface area (Å²) in [6, 6.07) is 23.0. The summed E-state index contributed by atoms with van der Waals surface area (Å²) in [4.78, 5) is 12.8. The highest BCUT2D eigenvalue weighted by atomic mass is 16.2. The van der Waals surface area contributed by atoms with Gasteiger partial charge >= 0.3 is 6.03 Å². The molecule has 36 heavy (non-hydrogen) atoms. The summed E-state index contributed by atoms with van der Waals surface area (Å²) in [5, 5.41) is 17.4. The Hall–Kier alpha value is -4.20. The van der Waals surface area contributed by atoms with E-state index in [0.717, 1.165) is 39.7 Å². The Morgan fingerprint density at radius 2 is 1.83 bits per heavy atom. The molecule has 1 aliphatic carbocycles. The van der Waals surface area contributed by atoms with Crippen molar-refractivity contribution in [2.45, 2.75) is 39.0 Å². The molecule has 1 aliphatic rings. The SMILES string of the molecule is CCCCC1CC1.CN(C(N)=O)c1cccc(-c2ccc(Nc3ccccc3-c3nnn[nH]3)cc2)c1. The van der Waals surface area contributed by atoms with E-state index in [1.54, 1.807) is 7.05 Å². The Balaban J connectivity index is 0.000000375. The number of hydrogen-bond acceptors (Lipinski definition) is 5. The van der Waals surface area contributed by atoms with E-state index in [2.05, 4.69) is 32.9 Å².